The van der Waals surface area contributed by atoms with E-state index in [4.69, 9.17) is 9.72 Å². The van der Waals surface area contributed by atoms with Crippen molar-refractivity contribution >= 4 is 50.7 Å². The molecule has 1 aromatic carbocycles. The first-order valence-electron chi connectivity index (χ1n) is 10.9. The second-order valence-corrected chi connectivity index (χ2v) is 11.3. The van der Waals surface area contributed by atoms with Crippen molar-refractivity contribution in [2.75, 3.05) is 5.75 Å². The van der Waals surface area contributed by atoms with E-state index >= 15 is 0 Å². The van der Waals surface area contributed by atoms with Crippen LogP contribution in [0.25, 0.3) is 15.9 Å². The number of rotatable bonds is 7. The third kappa shape index (κ3) is 3.93. The van der Waals surface area contributed by atoms with Crippen molar-refractivity contribution in [2.45, 2.75) is 68.3 Å². The molecule has 9 heteroatoms. The zero-order valence-electron chi connectivity index (χ0n) is 18.4. The molecule has 0 saturated carbocycles. The van der Waals surface area contributed by atoms with Gasteiger partial charge in [0.1, 0.15) is 10.6 Å². The van der Waals surface area contributed by atoms with E-state index in [1.54, 1.807) is 29.2 Å². The minimum atomic E-state index is -0.194. The number of ether oxygens (including phenoxy) is 1. The molecule has 0 N–H and O–H groups in total. The summed E-state index contributed by atoms with van der Waals surface area (Å²) in [5.74, 6) is 1.26. The van der Waals surface area contributed by atoms with Crippen molar-refractivity contribution in [3.8, 4) is 0 Å². The Morgan fingerprint density at radius 1 is 1.19 bits per heavy atom. The van der Waals surface area contributed by atoms with Crippen LogP contribution in [0, 0.1) is 5.82 Å². The van der Waals surface area contributed by atoms with Crippen LogP contribution in [0.5, 0.6) is 0 Å². The molecule has 0 radical (unpaired) electrons. The number of aromatic nitrogens is 4. The maximum absolute atomic E-state index is 14.2. The summed E-state index contributed by atoms with van der Waals surface area (Å²) in [4.78, 5) is 7.29. The van der Waals surface area contributed by atoms with Gasteiger partial charge in [-0.25, -0.2) is 13.8 Å². The molecule has 0 aliphatic carbocycles. The fraction of sp³-hybridized carbons (Fsp3) is 0.435. The van der Waals surface area contributed by atoms with Crippen molar-refractivity contribution in [3.05, 3.63) is 46.1 Å². The van der Waals surface area contributed by atoms with Crippen molar-refractivity contribution < 1.29 is 9.13 Å². The average Bonchev–Trinajstić information content (AvgIpc) is 3.37. The van der Waals surface area contributed by atoms with Crippen LogP contribution < -0.4 is 0 Å². The van der Waals surface area contributed by atoms with Gasteiger partial charge in [0, 0.05) is 22.8 Å². The first-order chi connectivity index (χ1) is 15.5. The third-order valence-electron chi connectivity index (χ3n) is 5.92. The van der Waals surface area contributed by atoms with Gasteiger partial charge in [-0.15, -0.1) is 21.5 Å². The standard InChI is InChI=1S/C23H25FN4OS3/c1-4-10-30-21-25-20-18(15-11-23(3,5-2)29-12-17(15)32-20)19-26-27-22(28(19)21)31-13-14-8-6-7-9-16(14)24/h6-9H,4-5,10-13H2,1-3H3/t23-/m0/s1. The number of halogens is 1. The van der Waals surface area contributed by atoms with Gasteiger partial charge in [-0.05, 0) is 37.0 Å². The van der Waals surface area contributed by atoms with Crippen LogP contribution in [0.3, 0.4) is 0 Å². The fourth-order valence-corrected chi connectivity index (χ4v) is 6.86. The lowest BCUT2D eigenvalue weighted by atomic mass is 9.90. The van der Waals surface area contributed by atoms with Gasteiger partial charge in [-0.3, -0.25) is 0 Å². The van der Waals surface area contributed by atoms with Crippen molar-refractivity contribution in [2.24, 2.45) is 0 Å². The van der Waals surface area contributed by atoms with E-state index in [1.807, 2.05) is 12.1 Å². The summed E-state index contributed by atoms with van der Waals surface area (Å²) >= 11 is 4.93. The molecular weight excluding hydrogens is 463 g/mol. The summed E-state index contributed by atoms with van der Waals surface area (Å²) in [6.07, 6.45) is 2.85. The van der Waals surface area contributed by atoms with Crippen LogP contribution in [0.15, 0.2) is 34.6 Å². The molecule has 1 aliphatic heterocycles. The highest BCUT2D eigenvalue weighted by atomic mass is 32.2. The lowest BCUT2D eigenvalue weighted by molar-refractivity contribution is -0.0542. The predicted octanol–water partition coefficient (Wildman–Crippen LogP) is 6.51. The summed E-state index contributed by atoms with van der Waals surface area (Å²) in [6, 6.07) is 6.88. The van der Waals surface area contributed by atoms with E-state index in [2.05, 4.69) is 35.4 Å². The number of thioether (sulfide) groups is 2. The van der Waals surface area contributed by atoms with E-state index in [9.17, 15) is 4.39 Å². The van der Waals surface area contributed by atoms with Crippen molar-refractivity contribution in [1.29, 1.82) is 0 Å². The lowest BCUT2D eigenvalue weighted by Crippen LogP contribution is -2.33. The molecule has 0 saturated heterocycles. The van der Waals surface area contributed by atoms with Crippen LogP contribution in [0.1, 0.15) is 49.6 Å². The summed E-state index contributed by atoms with van der Waals surface area (Å²) in [7, 11) is 0. The van der Waals surface area contributed by atoms with Gasteiger partial charge >= 0.3 is 0 Å². The van der Waals surface area contributed by atoms with E-state index < -0.39 is 0 Å². The Labute approximate surface area is 199 Å². The second-order valence-electron chi connectivity index (χ2n) is 8.22. The predicted molar refractivity (Wildman–Crippen MR) is 130 cm³/mol. The number of fused-ring (bicyclic) bond motifs is 5. The minimum Gasteiger partial charge on any atom is -0.369 e. The van der Waals surface area contributed by atoms with Crippen LogP contribution >= 0.6 is 34.9 Å². The summed E-state index contributed by atoms with van der Waals surface area (Å²) in [6.45, 7) is 7.12. The zero-order valence-corrected chi connectivity index (χ0v) is 20.8. The molecule has 168 valence electrons. The van der Waals surface area contributed by atoms with Gasteiger partial charge in [0.15, 0.2) is 16.0 Å². The summed E-state index contributed by atoms with van der Waals surface area (Å²) in [5.41, 5.74) is 2.64. The average molecular weight is 489 g/mol. The van der Waals surface area contributed by atoms with Crippen LogP contribution in [0.2, 0.25) is 0 Å². The van der Waals surface area contributed by atoms with Crippen LogP contribution in [0.4, 0.5) is 4.39 Å². The first-order valence-corrected chi connectivity index (χ1v) is 13.6. The molecule has 0 unspecified atom stereocenters. The van der Waals surface area contributed by atoms with Gasteiger partial charge in [0.25, 0.3) is 0 Å². The number of nitrogens with zero attached hydrogens (tertiary/aromatic N) is 4. The smallest absolute Gasteiger partial charge is 0.198 e. The molecule has 4 aromatic rings. The van der Waals surface area contributed by atoms with Crippen LogP contribution in [-0.2, 0) is 23.5 Å². The number of hydrogen-bond donors (Lipinski definition) is 0. The molecule has 0 amide bonds. The molecular formula is C23H25FN4OS3. The first kappa shape index (κ1) is 22.1. The van der Waals surface area contributed by atoms with E-state index in [1.165, 1.54) is 28.3 Å². The zero-order chi connectivity index (χ0) is 22.3. The van der Waals surface area contributed by atoms with E-state index in [0.29, 0.717) is 17.9 Å². The van der Waals surface area contributed by atoms with Gasteiger partial charge in [-0.2, -0.15) is 0 Å². The Hall–Kier alpha value is -1.68. The van der Waals surface area contributed by atoms with Gasteiger partial charge in [-0.1, -0.05) is 55.6 Å². The second kappa shape index (κ2) is 8.93. The molecule has 0 bridgehead atoms. The topological polar surface area (TPSA) is 52.3 Å². The van der Waals surface area contributed by atoms with E-state index in [-0.39, 0.29) is 11.4 Å². The Kier molecular flexibility index (Phi) is 6.17. The fourth-order valence-electron chi connectivity index (χ4n) is 3.89. The molecule has 5 rings (SSSR count). The molecule has 1 atom stereocenters. The minimum absolute atomic E-state index is 0.171. The van der Waals surface area contributed by atoms with Crippen molar-refractivity contribution in [3.63, 3.8) is 0 Å². The maximum Gasteiger partial charge on any atom is 0.198 e. The Morgan fingerprint density at radius 2 is 2.03 bits per heavy atom. The third-order valence-corrected chi connectivity index (χ3v) is 9.14. The highest BCUT2D eigenvalue weighted by Gasteiger charge is 2.33. The summed E-state index contributed by atoms with van der Waals surface area (Å²) in [5, 5.41) is 11.9. The number of thiophene rings is 1. The SMILES string of the molecule is CCCSc1nc2sc3c(c2c2nnc(SCc4ccccc4F)n12)C[C@](C)(CC)OC3. The number of benzene rings is 1. The monoisotopic (exact) mass is 488 g/mol. The van der Waals surface area contributed by atoms with Crippen LogP contribution in [-0.4, -0.2) is 30.9 Å². The maximum atomic E-state index is 14.2. The largest absolute Gasteiger partial charge is 0.369 e. The van der Waals surface area contributed by atoms with Gasteiger partial charge in [0.05, 0.1) is 17.6 Å². The summed E-state index contributed by atoms with van der Waals surface area (Å²) < 4.78 is 22.4. The Balaban J connectivity index is 1.62. The van der Waals surface area contributed by atoms with Gasteiger partial charge in [0.2, 0.25) is 0 Å². The highest BCUT2D eigenvalue weighted by molar-refractivity contribution is 7.99. The van der Waals surface area contributed by atoms with Crippen molar-refractivity contribution in [1.82, 2.24) is 19.6 Å². The molecule has 0 fully saturated rings. The van der Waals surface area contributed by atoms with Gasteiger partial charge < -0.3 is 4.74 Å². The molecule has 4 heterocycles. The van der Waals surface area contributed by atoms with E-state index in [0.717, 1.165) is 51.2 Å². The molecule has 32 heavy (non-hydrogen) atoms. The number of hydrogen-bond acceptors (Lipinski definition) is 7. The molecule has 5 nitrogen and oxygen atoms in total. The Morgan fingerprint density at radius 3 is 2.81 bits per heavy atom. The Bertz CT molecular complexity index is 1290. The quantitative estimate of drug-likeness (QED) is 0.218. The molecule has 1 aliphatic rings. The molecule has 3 aromatic heterocycles. The lowest BCUT2D eigenvalue weighted by Gasteiger charge is -2.33. The highest BCUT2D eigenvalue weighted by Crippen LogP contribution is 2.42. The molecule has 0 spiro atoms. The normalized spacial score (nSPS) is 18.5.